The van der Waals surface area contributed by atoms with Crippen LogP contribution in [0.2, 0.25) is 0 Å². The maximum Gasteiger partial charge on any atom is 0.408 e. The van der Waals surface area contributed by atoms with Crippen molar-refractivity contribution in [2.24, 2.45) is 0 Å². The molecule has 0 heterocycles. The van der Waals surface area contributed by atoms with E-state index < -0.39 is 23.7 Å². The van der Waals surface area contributed by atoms with Crippen molar-refractivity contribution in [2.75, 3.05) is 6.61 Å². The molecule has 5 heteroatoms. The molecule has 0 aromatic rings. The summed E-state index contributed by atoms with van der Waals surface area (Å²) in [6.45, 7) is 12.7. The lowest BCUT2D eigenvalue weighted by atomic mass is 10.1. The molecule has 0 rings (SSSR count). The second kappa shape index (κ2) is 7.03. The van der Waals surface area contributed by atoms with Crippen molar-refractivity contribution in [1.82, 2.24) is 5.32 Å². The summed E-state index contributed by atoms with van der Waals surface area (Å²) in [6, 6.07) is -0.753. The van der Waals surface area contributed by atoms with Crippen molar-refractivity contribution < 1.29 is 19.1 Å². The van der Waals surface area contributed by atoms with Gasteiger partial charge in [-0.1, -0.05) is 5.57 Å². The average Bonchev–Trinajstić information content (AvgIpc) is 2.13. The molecular formula is C13H23NO4. The number of ether oxygens (including phenoxy) is 2. The summed E-state index contributed by atoms with van der Waals surface area (Å²) in [5.74, 6) is -0.480. The fraction of sp³-hybridized carbons (Fsp3) is 0.692. The maximum absolute atomic E-state index is 11.6. The Bertz CT molecular complexity index is 317. The molecule has 0 unspecified atom stereocenters. The number of hydrogen-bond acceptors (Lipinski definition) is 4. The third kappa shape index (κ3) is 7.70. The Balaban J connectivity index is 4.54. The van der Waals surface area contributed by atoms with E-state index in [1.165, 1.54) is 0 Å². The molecular weight excluding hydrogens is 234 g/mol. The third-order valence-corrected chi connectivity index (χ3v) is 1.81. The van der Waals surface area contributed by atoms with E-state index in [4.69, 9.17) is 9.47 Å². The van der Waals surface area contributed by atoms with Gasteiger partial charge in [0, 0.05) is 0 Å². The zero-order valence-electron chi connectivity index (χ0n) is 11.8. The minimum atomic E-state index is -0.753. The molecule has 104 valence electrons. The molecule has 0 aromatic carbocycles. The second-order valence-corrected chi connectivity index (χ2v) is 5.11. The Hall–Kier alpha value is -1.52. The SMILES string of the molecule is C=C(C)C[C@H](NC(=O)OC(C)(C)C)C(=O)OCC. The average molecular weight is 257 g/mol. The largest absolute Gasteiger partial charge is 0.464 e. The quantitative estimate of drug-likeness (QED) is 0.606. The molecule has 0 bridgehead atoms. The molecule has 5 nitrogen and oxygen atoms in total. The van der Waals surface area contributed by atoms with Crippen LogP contribution in [0.3, 0.4) is 0 Å². The molecule has 0 fully saturated rings. The van der Waals surface area contributed by atoms with Gasteiger partial charge in [0.15, 0.2) is 0 Å². The van der Waals surface area contributed by atoms with Gasteiger partial charge in [-0.15, -0.1) is 6.58 Å². The zero-order chi connectivity index (χ0) is 14.3. The lowest BCUT2D eigenvalue weighted by molar-refractivity contribution is -0.145. The van der Waals surface area contributed by atoms with Crippen LogP contribution in [0.1, 0.15) is 41.0 Å². The summed E-state index contributed by atoms with van der Waals surface area (Å²) in [5.41, 5.74) is 0.177. The fourth-order valence-electron chi connectivity index (χ4n) is 1.23. The van der Waals surface area contributed by atoms with Crippen molar-refractivity contribution in [3.8, 4) is 0 Å². The van der Waals surface area contributed by atoms with E-state index >= 15 is 0 Å². The van der Waals surface area contributed by atoms with E-state index in [0.29, 0.717) is 6.42 Å². The summed E-state index contributed by atoms with van der Waals surface area (Å²) < 4.78 is 9.98. The number of rotatable bonds is 5. The smallest absolute Gasteiger partial charge is 0.408 e. The van der Waals surface area contributed by atoms with Crippen molar-refractivity contribution >= 4 is 12.1 Å². The Morgan fingerprint density at radius 1 is 1.33 bits per heavy atom. The number of carbonyl (C=O) groups excluding carboxylic acids is 2. The second-order valence-electron chi connectivity index (χ2n) is 5.11. The molecule has 0 radical (unpaired) electrons. The Kier molecular flexibility index (Phi) is 6.44. The van der Waals surface area contributed by atoms with Crippen molar-refractivity contribution in [1.29, 1.82) is 0 Å². The van der Waals surface area contributed by atoms with Crippen LogP contribution in [0.5, 0.6) is 0 Å². The number of carbonyl (C=O) groups is 2. The summed E-state index contributed by atoms with van der Waals surface area (Å²) in [7, 11) is 0. The molecule has 1 amide bonds. The molecule has 1 atom stereocenters. The van der Waals surface area contributed by atoms with Gasteiger partial charge >= 0.3 is 12.1 Å². The first-order valence-electron chi connectivity index (χ1n) is 5.96. The highest BCUT2D eigenvalue weighted by molar-refractivity contribution is 5.81. The topological polar surface area (TPSA) is 64.6 Å². The first-order chi connectivity index (χ1) is 8.15. The molecule has 0 spiro atoms. The van der Waals surface area contributed by atoms with E-state index in [9.17, 15) is 9.59 Å². The monoisotopic (exact) mass is 257 g/mol. The Morgan fingerprint density at radius 3 is 2.28 bits per heavy atom. The van der Waals surface area contributed by atoms with Crippen LogP contribution >= 0.6 is 0 Å². The molecule has 0 saturated carbocycles. The highest BCUT2D eigenvalue weighted by atomic mass is 16.6. The van der Waals surface area contributed by atoms with E-state index in [1.54, 1.807) is 34.6 Å². The van der Waals surface area contributed by atoms with Crippen molar-refractivity contribution in [3.63, 3.8) is 0 Å². The standard InChI is InChI=1S/C13H23NO4/c1-7-17-11(15)10(8-9(2)3)14-12(16)18-13(4,5)6/h10H,2,7-8H2,1,3-6H3,(H,14,16)/t10-/m0/s1. The minimum Gasteiger partial charge on any atom is -0.464 e. The number of hydrogen-bond donors (Lipinski definition) is 1. The number of nitrogens with one attached hydrogen (secondary N) is 1. The molecule has 18 heavy (non-hydrogen) atoms. The molecule has 0 aliphatic carbocycles. The molecule has 0 saturated heterocycles. The highest BCUT2D eigenvalue weighted by Gasteiger charge is 2.25. The van der Waals surface area contributed by atoms with Crippen molar-refractivity contribution in [2.45, 2.75) is 52.7 Å². The van der Waals surface area contributed by atoms with Gasteiger partial charge in [0.25, 0.3) is 0 Å². The van der Waals surface area contributed by atoms with E-state index in [0.717, 1.165) is 5.57 Å². The van der Waals surface area contributed by atoms with E-state index in [2.05, 4.69) is 11.9 Å². The number of esters is 1. The van der Waals surface area contributed by atoms with Gasteiger partial charge in [-0.05, 0) is 41.0 Å². The first kappa shape index (κ1) is 16.5. The fourth-order valence-corrected chi connectivity index (χ4v) is 1.23. The highest BCUT2D eigenvalue weighted by Crippen LogP contribution is 2.09. The van der Waals surface area contributed by atoms with Crippen LogP contribution in [0, 0.1) is 0 Å². The van der Waals surface area contributed by atoms with Gasteiger partial charge in [-0.2, -0.15) is 0 Å². The number of alkyl carbamates (subject to hydrolysis) is 1. The first-order valence-corrected chi connectivity index (χ1v) is 5.96. The van der Waals surface area contributed by atoms with E-state index in [1.807, 2.05) is 0 Å². The summed E-state index contributed by atoms with van der Waals surface area (Å²) in [6.07, 6.45) is -0.306. The molecule has 1 N–H and O–H groups in total. The van der Waals surface area contributed by atoms with Gasteiger partial charge in [-0.25, -0.2) is 9.59 Å². The third-order valence-electron chi connectivity index (χ3n) is 1.81. The van der Waals surface area contributed by atoms with Crippen molar-refractivity contribution in [3.05, 3.63) is 12.2 Å². The normalized spacial score (nSPS) is 12.5. The van der Waals surface area contributed by atoms with Gasteiger partial charge < -0.3 is 14.8 Å². The summed E-state index contributed by atoms with van der Waals surface area (Å²) >= 11 is 0. The van der Waals surface area contributed by atoms with Crippen LogP contribution < -0.4 is 5.32 Å². The van der Waals surface area contributed by atoms with Crippen LogP contribution in [0.4, 0.5) is 4.79 Å². The van der Waals surface area contributed by atoms with Crippen LogP contribution in [0.25, 0.3) is 0 Å². The predicted molar refractivity (Wildman–Crippen MR) is 69.2 cm³/mol. The molecule has 0 aliphatic rings. The van der Waals surface area contributed by atoms with Crippen LogP contribution in [-0.4, -0.2) is 30.3 Å². The van der Waals surface area contributed by atoms with Gasteiger partial charge in [0.05, 0.1) is 6.61 Å². The summed E-state index contributed by atoms with van der Waals surface area (Å²) in [5, 5.41) is 2.49. The number of amides is 1. The van der Waals surface area contributed by atoms with Crippen LogP contribution in [-0.2, 0) is 14.3 Å². The van der Waals surface area contributed by atoms with Gasteiger partial charge in [-0.3, -0.25) is 0 Å². The van der Waals surface area contributed by atoms with Gasteiger partial charge in [0.2, 0.25) is 0 Å². The predicted octanol–water partition coefficient (Wildman–Crippen LogP) is 2.41. The van der Waals surface area contributed by atoms with Crippen LogP contribution in [0.15, 0.2) is 12.2 Å². The Morgan fingerprint density at radius 2 is 1.89 bits per heavy atom. The van der Waals surface area contributed by atoms with Gasteiger partial charge in [0.1, 0.15) is 11.6 Å². The summed E-state index contributed by atoms with van der Waals surface area (Å²) in [4.78, 5) is 23.2. The molecule has 0 aliphatic heterocycles. The molecule has 0 aromatic heterocycles. The lowest BCUT2D eigenvalue weighted by Crippen LogP contribution is -2.44. The minimum absolute atomic E-state index is 0.265. The Labute approximate surface area is 109 Å². The maximum atomic E-state index is 11.6. The van der Waals surface area contributed by atoms with E-state index in [-0.39, 0.29) is 6.61 Å². The lowest BCUT2D eigenvalue weighted by Gasteiger charge is -2.22. The zero-order valence-corrected chi connectivity index (χ0v) is 11.8.